The first-order valence-corrected chi connectivity index (χ1v) is 8.35. The zero-order chi connectivity index (χ0) is 19.2. The van der Waals surface area contributed by atoms with Crippen LogP contribution in [0.25, 0.3) is 17.3 Å². The van der Waals surface area contributed by atoms with E-state index in [-0.39, 0.29) is 0 Å². The van der Waals surface area contributed by atoms with E-state index in [2.05, 4.69) is 16.5 Å². The predicted molar refractivity (Wildman–Crippen MR) is 104 cm³/mol. The second-order valence-corrected chi connectivity index (χ2v) is 5.81. The van der Waals surface area contributed by atoms with Crippen molar-refractivity contribution in [1.29, 1.82) is 5.26 Å². The van der Waals surface area contributed by atoms with Crippen LogP contribution in [0, 0.1) is 11.3 Å². The third-order valence-corrected chi connectivity index (χ3v) is 4.17. The number of nitrogens with one attached hydrogen (secondary N) is 1. The van der Waals surface area contributed by atoms with Crippen LogP contribution in [0.15, 0.2) is 53.2 Å². The van der Waals surface area contributed by atoms with Crippen LogP contribution in [-0.4, -0.2) is 19.4 Å². The third kappa shape index (κ3) is 3.89. The number of rotatable bonds is 6. The zero-order valence-electron chi connectivity index (χ0n) is 14.7. The molecule has 3 aromatic rings. The largest absolute Gasteiger partial charge is 0.497 e. The van der Waals surface area contributed by atoms with Crippen molar-refractivity contribution in [3.63, 3.8) is 0 Å². The van der Waals surface area contributed by atoms with Gasteiger partial charge in [-0.15, -0.1) is 0 Å². The van der Waals surface area contributed by atoms with Crippen molar-refractivity contribution in [1.82, 2.24) is 5.16 Å². The summed E-state index contributed by atoms with van der Waals surface area (Å²) < 4.78 is 15.8. The minimum Gasteiger partial charge on any atom is -0.497 e. The minimum absolute atomic E-state index is 0.308. The fourth-order valence-corrected chi connectivity index (χ4v) is 2.71. The van der Waals surface area contributed by atoms with Crippen LogP contribution in [0.2, 0.25) is 5.02 Å². The molecule has 2 aromatic carbocycles. The Balaban J connectivity index is 1.85. The van der Waals surface area contributed by atoms with Gasteiger partial charge in [0.1, 0.15) is 28.8 Å². The molecule has 0 saturated heterocycles. The maximum atomic E-state index is 9.52. The highest BCUT2D eigenvalue weighted by molar-refractivity contribution is 6.33. The molecular weight excluding hydrogens is 366 g/mol. The SMILES string of the molecule is COc1ccc(NC=Cc2onc(-c3ccccc3Cl)c2C#N)c(OC)c1. The Morgan fingerprint density at radius 1 is 1.19 bits per heavy atom. The Bertz CT molecular complexity index is 1020. The number of benzene rings is 2. The second-order valence-electron chi connectivity index (χ2n) is 5.41. The highest BCUT2D eigenvalue weighted by Gasteiger charge is 2.17. The van der Waals surface area contributed by atoms with Gasteiger partial charge in [-0.3, -0.25) is 0 Å². The van der Waals surface area contributed by atoms with Crippen LogP contribution >= 0.6 is 11.6 Å². The molecule has 3 rings (SSSR count). The summed E-state index contributed by atoms with van der Waals surface area (Å²) >= 11 is 6.19. The molecule has 0 aliphatic carbocycles. The minimum atomic E-state index is 0.308. The summed E-state index contributed by atoms with van der Waals surface area (Å²) in [6, 6.07) is 14.7. The number of nitriles is 1. The number of methoxy groups -OCH3 is 2. The van der Waals surface area contributed by atoms with Gasteiger partial charge in [-0.25, -0.2) is 0 Å². The van der Waals surface area contributed by atoms with Crippen LogP contribution in [-0.2, 0) is 0 Å². The molecule has 0 bridgehead atoms. The molecule has 0 aliphatic rings. The Kier molecular flexibility index (Phi) is 5.64. The van der Waals surface area contributed by atoms with Crippen LogP contribution in [0.5, 0.6) is 11.5 Å². The van der Waals surface area contributed by atoms with Gasteiger partial charge in [0.2, 0.25) is 0 Å². The Morgan fingerprint density at radius 2 is 2.00 bits per heavy atom. The lowest BCUT2D eigenvalue weighted by Gasteiger charge is -2.09. The number of ether oxygens (including phenoxy) is 2. The third-order valence-electron chi connectivity index (χ3n) is 3.84. The number of hydrogen-bond acceptors (Lipinski definition) is 6. The molecule has 0 saturated carbocycles. The normalized spacial score (nSPS) is 10.6. The van der Waals surface area contributed by atoms with E-state index in [0.717, 1.165) is 5.69 Å². The number of nitrogens with zero attached hydrogens (tertiary/aromatic N) is 2. The van der Waals surface area contributed by atoms with E-state index >= 15 is 0 Å². The monoisotopic (exact) mass is 381 g/mol. The van der Waals surface area contributed by atoms with Crippen molar-refractivity contribution in [2.45, 2.75) is 0 Å². The molecule has 0 aliphatic heterocycles. The number of halogens is 1. The van der Waals surface area contributed by atoms with Crippen molar-refractivity contribution in [3.8, 4) is 28.8 Å². The van der Waals surface area contributed by atoms with Crippen LogP contribution < -0.4 is 14.8 Å². The molecule has 0 radical (unpaired) electrons. The van der Waals surface area contributed by atoms with Gasteiger partial charge < -0.3 is 19.3 Å². The summed E-state index contributed by atoms with van der Waals surface area (Å²) in [6.07, 6.45) is 3.26. The molecule has 1 N–H and O–H groups in total. The van der Waals surface area contributed by atoms with Gasteiger partial charge in [0.05, 0.1) is 24.9 Å². The molecule has 7 heteroatoms. The van der Waals surface area contributed by atoms with Crippen LogP contribution in [0.1, 0.15) is 11.3 Å². The van der Waals surface area contributed by atoms with Gasteiger partial charge in [0.15, 0.2) is 5.76 Å². The molecule has 136 valence electrons. The fourth-order valence-electron chi connectivity index (χ4n) is 2.49. The molecule has 1 aromatic heterocycles. The molecule has 1 heterocycles. The van der Waals surface area contributed by atoms with Crippen molar-refractivity contribution >= 4 is 23.4 Å². The van der Waals surface area contributed by atoms with Gasteiger partial charge in [0, 0.05) is 23.9 Å². The molecule has 0 fully saturated rings. The van der Waals surface area contributed by atoms with Crippen molar-refractivity contribution in [2.75, 3.05) is 19.5 Å². The van der Waals surface area contributed by atoms with E-state index in [4.69, 9.17) is 25.6 Å². The maximum Gasteiger partial charge on any atom is 0.179 e. The summed E-state index contributed by atoms with van der Waals surface area (Å²) in [5.74, 6) is 1.63. The van der Waals surface area contributed by atoms with Crippen molar-refractivity contribution < 1.29 is 14.0 Å². The molecule has 0 unspecified atom stereocenters. The lowest BCUT2D eigenvalue weighted by molar-refractivity contribution is 0.395. The number of aromatic nitrogens is 1. The molecule has 0 spiro atoms. The van der Waals surface area contributed by atoms with E-state index in [1.807, 2.05) is 24.3 Å². The van der Waals surface area contributed by atoms with Gasteiger partial charge in [-0.05, 0) is 18.2 Å². The summed E-state index contributed by atoms with van der Waals surface area (Å²) in [7, 11) is 3.16. The van der Waals surface area contributed by atoms with Crippen LogP contribution in [0.4, 0.5) is 5.69 Å². The zero-order valence-corrected chi connectivity index (χ0v) is 15.4. The first-order chi connectivity index (χ1) is 13.2. The summed E-state index contributed by atoms with van der Waals surface area (Å²) in [5.41, 5.74) is 2.09. The summed E-state index contributed by atoms with van der Waals surface area (Å²) in [5, 5.41) is 17.1. The fraction of sp³-hybridized carbons (Fsp3) is 0.100. The number of anilines is 1. The first-order valence-electron chi connectivity index (χ1n) is 7.97. The summed E-state index contributed by atoms with van der Waals surface area (Å²) in [6.45, 7) is 0. The Labute approximate surface area is 161 Å². The van der Waals surface area contributed by atoms with Crippen LogP contribution in [0.3, 0.4) is 0 Å². The van der Waals surface area contributed by atoms with E-state index in [0.29, 0.717) is 39.1 Å². The van der Waals surface area contributed by atoms with E-state index in [9.17, 15) is 5.26 Å². The highest BCUT2D eigenvalue weighted by Crippen LogP contribution is 2.32. The number of hydrogen-bond donors (Lipinski definition) is 1. The maximum absolute atomic E-state index is 9.52. The Morgan fingerprint density at radius 3 is 2.70 bits per heavy atom. The smallest absolute Gasteiger partial charge is 0.179 e. The van der Waals surface area contributed by atoms with Crippen molar-refractivity contribution in [3.05, 3.63) is 65.0 Å². The highest BCUT2D eigenvalue weighted by atomic mass is 35.5. The van der Waals surface area contributed by atoms with Crippen molar-refractivity contribution in [2.24, 2.45) is 0 Å². The lowest BCUT2D eigenvalue weighted by atomic mass is 10.1. The van der Waals surface area contributed by atoms with Gasteiger partial charge in [-0.1, -0.05) is 35.0 Å². The molecular formula is C20H16ClN3O3. The average Bonchev–Trinajstić information content (AvgIpc) is 3.11. The predicted octanol–water partition coefficient (Wildman–Crippen LogP) is 4.97. The topological polar surface area (TPSA) is 80.3 Å². The quantitative estimate of drug-likeness (QED) is 0.649. The standard InChI is InChI=1S/C20H16ClN3O3/c1-25-13-7-8-17(19(11-13)26-2)23-10-9-18-15(12-22)20(24-27-18)14-5-3-4-6-16(14)21/h3-11,23H,1-2H3. The molecule has 27 heavy (non-hydrogen) atoms. The van der Waals surface area contributed by atoms with E-state index in [1.54, 1.807) is 44.7 Å². The molecule has 6 nitrogen and oxygen atoms in total. The van der Waals surface area contributed by atoms with Gasteiger partial charge in [-0.2, -0.15) is 5.26 Å². The average molecular weight is 382 g/mol. The first kappa shape index (κ1) is 18.4. The van der Waals surface area contributed by atoms with Gasteiger partial charge in [0.25, 0.3) is 0 Å². The van der Waals surface area contributed by atoms with E-state index in [1.165, 1.54) is 0 Å². The second kappa shape index (κ2) is 8.30. The van der Waals surface area contributed by atoms with Gasteiger partial charge >= 0.3 is 0 Å². The molecule has 0 amide bonds. The molecule has 0 atom stereocenters. The van der Waals surface area contributed by atoms with E-state index < -0.39 is 0 Å². The summed E-state index contributed by atoms with van der Waals surface area (Å²) in [4.78, 5) is 0. The lowest BCUT2D eigenvalue weighted by Crippen LogP contribution is -1.94. The Hall–Kier alpha value is -3.43.